The van der Waals surface area contributed by atoms with E-state index in [0.717, 1.165) is 17.5 Å². The SMILES string of the molecule is CCc1ccc(CN(C)C(=O)COC(=O)c2cccc(C)c2NC(C)=O)cc1. The number of esters is 1. The van der Waals surface area contributed by atoms with Gasteiger partial charge >= 0.3 is 5.97 Å². The van der Waals surface area contributed by atoms with Crippen LogP contribution in [0.4, 0.5) is 5.69 Å². The van der Waals surface area contributed by atoms with Crippen LogP contribution < -0.4 is 5.32 Å². The number of para-hydroxylation sites is 1. The minimum absolute atomic E-state index is 0.223. The number of benzene rings is 2. The Kier molecular flexibility index (Phi) is 7.32. The third-order valence-corrected chi connectivity index (χ3v) is 4.40. The first-order chi connectivity index (χ1) is 13.3. The third kappa shape index (κ3) is 5.67. The molecule has 0 atom stereocenters. The number of anilines is 1. The van der Waals surface area contributed by atoms with Crippen molar-refractivity contribution in [2.75, 3.05) is 19.0 Å². The molecule has 2 aromatic rings. The summed E-state index contributed by atoms with van der Waals surface area (Å²) in [6.45, 7) is 5.31. The molecule has 2 amide bonds. The molecule has 0 saturated heterocycles. The van der Waals surface area contributed by atoms with E-state index in [-0.39, 0.29) is 24.0 Å². The molecule has 0 aliphatic heterocycles. The fraction of sp³-hybridized carbons (Fsp3) is 0.318. The van der Waals surface area contributed by atoms with Crippen LogP contribution >= 0.6 is 0 Å². The largest absolute Gasteiger partial charge is 0.452 e. The number of carbonyl (C=O) groups is 3. The van der Waals surface area contributed by atoms with Gasteiger partial charge in [-0.05, 0) is 36.1 Å². The first-order valence-corrected chi connectivity index (χ1v) is 9.18. The highest BCUT2D eigenvalue weighted by atomic mass is 16.5. The predicted octanol–water partition coefficient (Wildman–Crippen LogP) is 3.33. The van der Waals surface area contributed by atoms with E-state index in [1.165, 1.54) is 17.4 Å². The summed E-state index contributed by atoms with van der Waals surface area (Å²) < 4.78 is 5.18. The van der Waals surface area contributed by atoms with Crippen LogP contribution in [-0.4, -0.2) is 36.3 Å². The molecule has 0 aliphatic rings. The highest BCUT2D eigenvalue weighted by molar-refractivity contribution is 6.02. The topological polar surface area (TPSA) is 75.7 Å². The lowest BCUT2D eigenvalue weighted by molar-refractivity contribution is -0.133. The van der Waals surface area contributed by atoms with E-state index < -0.39 is 5.97 Å². The van der Waals surface area contributed by atoms with E-state index in [4.69, 9.17) is 4.74 Å². The number of likely N-dealkylation sites (N-methyl/N-ethyl adjacent to an activating group) is 1. The lowest BCUT2D eigenvalue weighted by Crippen LogP contribution is -2.31. The Labute approximate surface area is 165 Å². The maximum Gasteiger partial charge on any atom is 0.340 e. The molecule has 148 valence electrons. The highest BCUT2D eigenvalue weighted by Gasteiger charge is 2.18. The zero-order valence-electron chi connectivity index (χ0n) is 16.7. The first-order valence-electron chi connectivity index (χ1n) is 9.18. The average Bonchev–Trinajstić information content (AvgIpc) is 2.67. The number of amides is 2. The minimum Gasteiger partial charge on any atom is -0.452 e. The average molecular weight is 382 g/mol. The molecule has 6 nitrogen and oxygen atoms in total. The molecule has 0 aromatic heterocycles. The van der Waals surface area contributed by atoms with Crippen LogP contribution in [0, 0.1) is 6.92 Å². The zero-order valence-corrected chi connectivity index (χ0v) is 16.7. The fourth-order valence-corrected chi connectivity index (χ4v) is 2.74. The van der Waals surface area contributed by atoms with Crippen molar-refractivity contribution >= 4 is 23.5 Å². The molecule has 28 heavy (non-hydrogen) atoms. The molecular weight excluding hydrogens is 356 g/mol. The maximum atomic E-state index is 12.4. The van der Waals surface area contributed by atoms with Gasteiger partial charge in [-0.15, -0.1) is 0 Å². The standard InChI is InChI=1S/C22H26N2O4/c1-5-17-9-11-18(12-10-17)13-24(4)20(26)14-28-22(27)19-8-6-7-15(2)21(19)23-16(3)25/h6-12H,5,13-14H2,1-4H3,(H,23,25). The quantitative estimate of drug-likeness (QED) is 0.746. The van der Waals surface area contributed by atoms with Crippen molar-refractivity contribution in [3.05, 3.63) is 64.7 Å². The van der Waals surface area contributed by atoms with Crippen molar-refractivity contribution in [1.29, 1.82) is 0 Å². The van der Waals surface area contributed by atoms with Crippen molar-refractivity contribution in [3.8, 4) is 0 Å². The molecule has 2 rings (SSSR count). The molecule has 0 saturated carbocycles. The second-order valence-electron chi connectivity index (χ2n) is 6.67. The van der Waals surface area contributed by atoms with E-state index >= 15 is 0 Å². The summed E-state index contributed by atoms with van der Waals surface area (Å²) in [6, 6.07) is 13.1. The van der Waals surface area contributed by atoms with E-state index in [1.54, 1.807) is 32.2 Å². The molecule has 2 aromatic carbocycles. The van der Waals surface area contributed by atoms with Crippen LogP contribution in [-0.2, 0) is 27.3 Å². The molecular formula is C22H26N2O4. The summed E-state index contributed by atoms with van der Waals surface area (Å²) in [6.07, 6.45) is 0.963. The van der Waals surface area contributed by atoms with Gasteiger partial charge in [0.1, 0.15) is 0 Å². The van der Waals surface area contributed by atoms with Crippen LogP contribution in [0.3, 0.4) is 0 Å². The number of aryl methyl sites for hydroxylation is 2. The normalized spacial score (nSPS) is 10.3. The van der Waals surface area contributed by atoms with Crippen molar-refractivity contribution in [3.63, 3.8) is 0 Å². The van der Waals surface area contributed by atoms with Gasteiger partial charge in [-0.25, -0.2) is 4.79 Å². The number of rotatable bonds is 7. The second kappa shape index (κ2) is 9.69. The number of carbonyl (C=O) groups excluding carboxylic acids is 3. The summed E-state index contributed by atoms with van der Waals surface area (Å²) >= 11 is 0. The van der Waals surface area contributed by atoms with Gasteiger partial charge in [0.15, 0.2) is 6.61 Å². The van der Waals surface area contributed by atoms with Gasteiger partial charge in [-0.1, -0.05) is 43.3 Å². The summed E-state index contributed by atoms with van der Waals surface area (Å²) in [5.41, 5.74) is 3.60. The first kappa shape index (κ1) is 21.2. The lowest BCUT2D eigenvalue weighted by atomic mass is 10.1. The van der Waals surface area contributed by atoms with Crippen molar-refractivity contribution in [1.82, 2.24) is 4.90 Å². The summed E-state index contributed by atoms with van der Waals surface area (Å²) in [7, 11) is 1.67. The van der Waals surface area contributed by atoms with E-state index in [0.29, 0.717) is 12.2 Å². The molecule has 1 N–H and O–H groups in total. The van der Waals surface area contributed by atoms with Crippen LogP contribution in [0.2, 0.25) is 0 Å². The fourth-order valence-electron chi connectivity index (χ4n) is 2.74. The number of nitrogens with zero attached hydrogens (tertiary/aromatic N) is 1. The second-order valence-corrected chi connectivity index (χ2v) is 6.67. The van der Waals surface area contributed by atoms with Gasteiger partial charge in [-0.3, -0.25) is 9.59 Å². The van der Waals surface area contributed by atoms with Gasteiger partial charge < -0.3 is 15.0 Å². The Morgan fingerprint density at radius 3 is 2.29 bits per heavy atom. The maximum absolute atomic E-state index is 12.4. The minimum atomic E-state index is -0.651. The molecule has 0 unspecified atom stereocenters. The summed E-state index contributed by atoms with van der Waals surface area (Å²) in [5.74, 6) is -1.24. The van der Waals surface area contributed by atoms with Gasteiger partial charge in [0.05, 0.1) is 11.3 Å². The van der Waals surface area contributed by atoms with Crippen molar-refractivity contribution in [2.24, 2.45) is 0 Å². The number of hydrogen-bond acceptors (Lipinski definition) is 4. The highest BCUT2D eigenvalue weighted by Crippen LogP contribution is 2.21. The molecule has 0 fully saturated rings. The van der Waals surface area contributed by atoms with Gasteiger partial charge in [0.25, 0.3) is 5.91 Å². The Bertz CT molecular complexity index is 859. The molecule has 0 spiro atoms. The van der Waals surface area contributed by atoms with Crippen molar-refractivity contribution < 1.29 is 19.1 Å². The number of nitrogens with one attached hydrogen (secondary N) is 1. The van der Waals surface area contributed by atoms with Crippen LogP contribution in [0.1, 0.15) is 40.9 Å². The molecule has 0 aliphatic carbocycles. The smallest absolute Gasteiger partial charge is 0.340 e. The zero-order chi connectivity index (χ0) is 20.7. The van der Waals surface area contributed by atoms with Gasteiger partial charge in [0, 0.05) is 20.5 Å². The molecule has 0 radical (unpaired) electrons. The Morgan fingerprint density at radius 1 is 1.04 bits per heavy atom. The third-order valence-electron chi connectivity index (χ3n) is 4.40. The van der Waals surface area contributed by atoms with Gasteiger partial charge in [-0.2, -0.15) is 0 Å². The van der Waals surface area contributed by atoms with Crippen LogP contribution in [0.25, 0.3) is 0 Å². The van der Waals surface area contributed by atoms with Crippen LogP contribution in [0.5, 0.6) is 0 Å². The Hall–Kier alpha value is -3.15. The van der Waals surface area contributed by atoms with Gasteiger partial charge in [0.2, 0.25) is 5.91 Å². The Balaban J connectivity index is 1.97. The van der Waals surface area contributed by atoms with Crippen LogP contribution in [0.15, 0.2) is 42.5 Å². The molecule has 6 heteroatoms. The molecule has 0 bridgehead atoms. The number of hydrogen-bond donors (Lipinski definition) is 1. The Morgan fingerprint density at radius 2 is 1.68 bits per heavy atom. The molecule has 0 heterocycles. The number of ether oxygens (including phenoxy) is 1. The monoisotopic (exact) mass is 382 g/mol. The van der Waals surface area contributed by atoms with Crippen molar-refractivity contribution in [2.45, 2.75) is 33.7 Å². The van der Waals surface area contributed by atoms with E-state index in [1.807, 2.05) is 24.3 Å². The van der Waals surface area contributed by atoms with E-state index in [2.05, 4.69) is 12.2 Å². The predicted molar refractivity (Wildman–Crippen MR) is 108 cm³/mol. The summed E-state index contributed by atoms with van der Waals surface area (Å²) in [4.78, 5) is 37.6. The lowest BCUT2D eigenvalue weighted by Gasteiger charge is -2.18. The van der Waals surface area contributed by atoms with E-state index in [9.17, 15) is 14.4 Å². The summed E-state index contributed by atoms with van der Waals surface area (Å²) in [5, 5.41) is 2.64.